The highest BCUT2D eigenvalue weighted by Gasteiger charge is 2.14. The average molecular weight is 200 g/mol. The van der Waals surface area contributed by atoms with Gasteiger partial charge in [0, 0.05) is 12.6 Å². The van der Waals surface area contributed by atoms with Gasteiger partial charge in [0.25, 0.3) is 0 Å². The van der Waals surface area contributed by atoms with Gasteiger partial charge in [-0.1, -0.05) is 34.6 Å². The van der Waals surface area contributed by atoms with Crippen LogP contribution in [0.4, 0.5) is 0 Å². The van der Waals surface area contributed by atoms with Crippen molar-refractivity contribution in [1.29, 1.82) is 0 Å². The second-order valence-electron chi connectivity index (χ2n) is 5.39. The van der Waals surface area contributed by atoms with Crippen LogP contribution in [-0.4, -0.2) is 19.1 Å². The lowest BCUT2D eigenvalue weighted by Crippen LogP contribution is -2.34. The second kappa shape index (κ2) is 6.41. The normalized spacial score (nSPS) is 14.8. The Morgan fingerprint density at radius 2 is 1.86 bits per heavy atom. The fourth-order valence-corrected chi connectivity index (χ4v) is 1.15. The molecule has 0 saturated carbocycles. The number of hydrogen-bond donors (Lipinski definition) is 2. The maximum Gasteiger partial charge on any atom is 0.00739 e. The number of nitrogens with two attached hydrogens (primary N) is 1. The van der Waals surface area contributed by atoms with Crippen molar-refractivity contribution in [1.82, 2.24) is 5.32 Å². The molecule has 0 saturated heterocycles. The third-order valence-corrected chi connectivity index (χ3v) is 3.07. The summed E-state index contributed by atoms with van der Waals surface area (Å²) >= 11 is 0. The molecule has 0 aliphatic carbocycles. The van der Waals surface area contributed by atoms with Gasteiger partial charge >= 0.3 is 0 Å². The van der Waals surface area contributed by atoms with Gasteiger partial charge in [-0.2, -0.15) is 0 Å². The van der Waals surface area contributed by atoms with Gasteiger partial charge in [0.2, 0.25) is 0 Å². The molecule has 2 nitrogen and oxygen atoms in total. The molecule has 14 heavy (non-hydrogen) atoms. The van der Waals surface area contributed by atoms with Gasteiger partial charge in [0.1, 0.15) is 0 Å². The fourth-order valence-electron chi connectivity index (χ4n) is 1.15. The Balaban J connectivity index is 3.47. The molecule has 0 fully saturated rings. The van der Waals surface area contributed by atoms with Crippen molar-refractivity contribution in [2.45, 2.75) is 53.5 Å². The van der Waals surface area contributed by atoms with Crippen LogP contribution in [0.5, 0.6) is 0 Å². The van der Waals surface area contributed by atoms with Crippen LogP contribution >= 0.6 is 0 Å². The van der Waals surface area contributed by atoms with Crippen molar-refractivity contribution >= 4 is 0 Å². The molecule has 1 unspecified atom stereocenters. The van der Waals surface area contributed by atoms with Crippen LogP contribution in [0, 0.1) is 11.3 Å². The first-order valence-corrected chi connectivity index (χ1v) is 5.85. The molecule has 0 aromatic rings. The van der Waals surface area contributed by atoms with E-state index in [-0.39, 0.29) is 0 Å². The fraction of sp³-hybridized carbons (Fsp3) is 1.00. The van der Waals surface area contributed by atoms with E-state index in [0.717, 1.165) is 19.5 Å². The highest BCUT2D eigenvalue weighted by molar-refractivity contribution is 4.71. The largest absolute Gasteiger partial charge is 0.327 e. The number of hydrogen-bond acceptors (Lipinski definition) is 2. The summed E-state index contributed by atoms with van der Waals surface area (Å²) in [7, 11) is 0. The van der Waals surface area contributed by atoms with Crippen LogP contribution in [0.2, 0.25) is 0 Å². The lowest BCUT2D eigenvalue weighted by Gasteiger charge is -2.24. The summed E-state index contributed by atoms with van der Waals surface area (Å²) < 4.78 is 0. The molecule has 2 heteroatoms. The minimum atomic E-state index is 0.340. The first-order valence-electron chi connectivity index (χ1n) is 5.85. The van der Waals surface area contributed by atoms with Crippen LogP contribution in [0.1, 0.15) is 47.5 Å². The third-order valence-electron chi connectivity index (χ3n) is 3.07. The van der Waals surface area contributed by atoms with Crippen LogP contribution in [0.3, 0.4) is 0 Å². The highest BCUT2D eigenvalue weighted by atomic mass is 14.9. The maximum absolute atomic E-state index is 5.96. The summed E-state index contributed by atoms with van der Waals surface area (Å²) in [5.74, 6) is 0.594. The van der Waals surface area contributed by atoms with Gasteiger partial charge < -0.3 is 11.1 Å². The van der Waals surface area contributed by atoms with Gasteiger partial charge in [-0.05, 0) is 30.7 Å². The minimum absolute atomic E-state index is 0.340. The predicted octanol–water partition coefficient (Wildman–Crippen LogP) is 2.39. The molecule has 0 aromatic carbocycles. The maximum atomic E-state index is 5.96. The molecule has 0 radical (unpaired) electrons. The summed E-state index contributed by atoms with van der Waals surface area (Å²) in [5.41, 5.74) is 6.38. The Morgan fingerprint density at radius 1 is 1.29 bits per heavy atom. The molecule has 3 N–H and O–H groups in total. The van der Waals surface area contributed by atoms with Gasteiger partial charge in [-0.15, -0.1) is 0 Å². The summed E-state index contributed by atoms with van der Waals surface area (Å²) in [5, 5.41) is 3.48. The van der Waals surface area contributed by atoms with Crippen LogP contribution < -0.4 is 11.1 Å². The molecule has 0 spiro atoms. The van der Waals surface area contributed by atoms with Crippen LogP contribution in [0.25, 0.3) is 0 Å². The number of rotatable bonds is 7. The Kier molecular flexibility index (Phi) is 6.38. The van der Waals surface area contributed by atoms with Crippen LogP contribution in [-0.2, 0) is 0 Å². The van der Waals surface area contributed by atoms with Crippen molar-refractivity contribution in [3.8, 4) is 0 Å². The lowest BCUT2D eigenvalue weighted by molar-refractivity contribution is 0.322. The summed E-state index contributed by atoms with van der Waals surface area (Å²) in [6.07, 6.45) is 2.30. The van der Waals surface area contributed by atoms with E-state index in [1.807, 2.05) is 0 Å². The van der Waals surface area contributed by atoms with Crippen molar-refractivity contribution in [2.75, 3.05) is 13.1 Å². The first-order chi connectivity index (χ1) is 6.39. The van der Waals surface area contributed by atoms with Gasteiger partial charge in [0.05, 0.1) is 0 Å². The molecule has 0 heterocycles. The van der Waals surface area contributed by atoms with E-state index in [1.165, 1.54) is 6.42 Å². The number of nitrogens with one attached hydrogen (secondary N) is 1. The topological polar surface area (TPSA) is 38.0 Å². The molecule has 0 amide bonds. The molecule has 0 bridgehead atoms. The zero-order chi connectivity index (χ0) is 11.2. The quantitative estimate of drug-likeness (QED) is 0.619. The standard InChI is InChI=1S/C12H28N2/c1-6-12(4,5)9-14-8-7-11(13)10(2)3/h10-11,14H,6-9,13H2,1-5H3. The lowest BCUT2D eigenvalue weighted by atomic mass is 9.90. The SMILES string of the molecule is CCC(C)(C)CNCCC(N)C(C)C. The highest BCUT2D eigenvalue weighted by Crippen LogP contribution is 2.17. The van der Waals surface area contributed by atoms with E-state index in [4.69, 9.17) is 5.73 Å². The molecule has 0 aliphatic heterocycles. The van der Waals surface area contributed by atoms with Crippen molar-refractivity contribution in [2.24, 2.45) is 17.1 Å². The summed E-state index contributed by atoms with van der Waals surface area (Å²) in [4.78, 5) is 0. The molecule has 0 aliphatic rings. The molecular weight excluding hydrogens is 172 g/mol. The molecule has 1 atom stereocenters. The minimum Gasteiger partial charge on any atom is -0.327 e. The van der Waals surface area contributed by atoms with Gasteiger partial charge in [0.15, 0.2) is 0 Å². The van der Waals surface area contributed by atoms with Crippen molar-refractivity contribution in [3.05, 3.63) is 0 Å². The second-order valence-corrected chi connectivity index (χ2v) is 5.39. The van der Waals surface area contributed by atoms with E-state index in [1.54, 1.807) is 0 Å². The monoisotopic (exact) mass is 200 g/mol. The molecular formula is C12H28N2. The summed E-state index contributed by atoms with van der Waals surface area (Å²) in [6, 6.07) is 0.340. The third kappa shape index (κ3) is 6.39. The Labute approximate surface area is 89.6 Å². The van der Waals surface area contributed by atoms with E-state index in [9.17, 15) is 0 Å². The van der Waals surface area contributed by atoms with Crippen molar-refractivity contribution < 1.29 is 0 Å². The van der Waals surface area contributed by atoms with Crippen LogP contribution in [0.15, 0.2) is 0 Å². The van der Waals surface area contributed by atoms with E-state index in [2.05, 4.69) is 39.9 Å². The average Bonchev–Trinajstić information content (AvgIpc) is 2.12. The molecule has 0 aromatic heterocycles. The summed E-state index contributed by atoms with van der Waals surface area (Å²) in [6.45, 7) is 13.3. The Hall–Kier alpha value is -0.0800. The van der Waals surface area contributed by atoms with Gasteiger partial charge in [-0.3, -0.25) is 0 Å². The van der Waals surface area contributed by atoms with Gasteiger partial charge in [-0.25, -0.2) is 0 Å². The zero-order valence-electron chi connectivity index (χ0n) is 10.6. The smallest absolute Gasteiger partial charge is 0.00739 e. The van der Waals surface area contributed by atoms with E-state index >= 15 is 0 Å². The Bertz CT molecular complexity index is 141. The van der Waals surface area contributed by atoms with E-state index < -0.39 is 0 Å². The van der Waals surface area contributed by atoms with Crippen molar-refractivity contribution in [3.63, 3.8) is 0 Å². The first kappa shape index (κ1) is 13.9. The van der Waals surface area contributed by atoms with E-state index in [0.29, 0.717) is 17.4 Å². The molecule has 86 valence electrons. The predicted molar refractivity (Wildman–Crippen MR) is 64.4 cm³/mol. The zero-order valence-corrected chi connectivity index (χ0v) is 10.6. The molecule has 0 rings (SSSR count). The Morgan fingerprint density at radius 3 is 2.29 bits per heavy atom.